The number of nitrogens with one attached hydrogen (secondary N) is 6. The molecule has 0 heterocycles. The number of carboxylic acids is 2. The van der Waals surface area contributed by atoms with Gasteiger partial charge in [0.2, 0.25) is 47.3 Å². The van der Waals surface area contributed by atoms with Crippen LogP contribution in [0.3, 0.4) is 0 Å². The van der Waals surface area contributed by atoms with Crippen LogP contribution in [0.4, 0.5) is 0 Å². The number of hydrogen-bond donors (Lipinski definition) is 13. The molecule has 23 nitrogen and oxygen atoms in total. The molecule has 0 aliphatic rings. The molecule has 0 aromatic rings. The quantitative estimate of drug-likeness (QED) is 0.0346. The maximum absolute atomic E-state index is 13.3. The number of hydrogen-bond acceptors (Lipinski definition) is 13. The number of aliphatic hydroxyl groups is 1. The first-order chi connectivity index (χ1) is 25.1. The van der Waals surface area contributed by atoms with Gasteiger partial charge in [-0.1, -0.05) is 20.3 Å². The van der Waals surface area contributed by atoms with E-state index in [-0.39, 0.29) is 13.0 Å². The third kappa shape index (κ3) is 18.9. The first-order valence-electron chi connectivity index (χ1n) is 17.1. The summed E-state index contributed by atoms with van der Waals surface area (Å²) in [7, 11) is 0. The summed E-state index contributed by atoms with van der Waals surface area (Å²) in [5.41, 5.74) is 21.5. The van der Waals surface area contributed by atoms with E-state index in [2.05, 4.69) is 31.9 Å². The lowest BCUT2D eigenvalue weighted by Crippen LogP contribution is -2.59. The summed E-state index contributed by atoms with van der Waals surface area (Å²) in [5, 5.41) is 41.8. The zero-order valence-electron chi connectivity index (χ0n) is 30.4. The molecule has 8 atom stereocenters. The number of carboxylic acid groups (broad SMARTS) is 2. The van der Waals surface area contributed by atoms with Crippen LogP contribution in [0.5, 0.6) is 0 Å². The number of aliphatic carboxylic acids is 2. The highest BCUT2D eigenvalue weighted by Crippen LogP contribution is 2.09. The SMILES string of the molecule is CC[C@H](C)[C@H](NC(=O)[C@@H](N)[C@@H](C)O)C(=O)NCC(=O)N[C@@H](CC(=O)O)C(=O)N[C@@H](CC(N)=O)C(=O)N[C@@H](CCC(N)=O)C(=O)N[C@@H](CCCCN)C(=O)O. The summed E-state index contributed by atoms with van der Waals surface area (Å²) in [4.78, 5) is 124. The normalized spacial score (nSPS) is 15.3. The molecule has 0 fully saturated rings. The molecule has 17 N–H and O–H groups in total. The van der Waals surface area contributed by atoms with Gasteiger partial charge >= 0.3 is 11.9 Å². The van der Waals surface area contributed by atoms with Crippen molar-refractivity contribution in [2.75, 3.05) is 13.1 Å². The molecule has 0 aliphatic heterocycles. The Morgan fingerprint density at radius 1 is 0.648 bits per heavy atom. The first-order valence-corrected chi connectivity index (χ1v) is 17.1. The van der Waals surface area contributed by atoms with Crippen molar-refractivity contribution in [2.24, 2.45) is 28.9 Å². The van der Waals surface area contributed by atoms with Crippen LogP contribution in [0, 0.1) is 5.92 Å². The second kappa shape index (κ2) is 24.8. The molecule has 0 saturated heterocycles. The topological polar surface area (TPSA) is 408 Å². The molecule has 0 rings (SSSR count). The van der Waals surface area contributed by atoms with Crippen LogP contribution in [0.25, 0.3) is 0 Å². The number of nitrogens with two attached hydrogens (primary N) is 4. The van der Waals surface area contributed by atoms with Gasteiger partial charge in [0.15, 0.2) is 0 Å². The van der Waals surface area contributed by atoms with Crippen LogP contribution in [0.1, 0.15) is 72.1 Å². The lowest BCUT2D eigenvalue weighted by molar-refractivity contribution is -0.143. The first kappa shape index (κ1) is 48.6. The highest BCUT2D eigenvalue weighted by atomic mass is 16.4. The number of amides is 8. The van der Waals surface area contributed by atoms with Gasteiger partial charge in [0.05, 0.1) is 25.5 Å². The highest BCUT2D eigenvalue weighted by molar-refractivity contribution is 5.98. The molecule has 0 saturated carbocycles. The summed E-state index contributed by atoms with van der Waals surface area (Å²) in [6, 6.07) is -9.36. The molecule has 0 aliphatic carbocycles. The average Bonchev–Trinajstić information content (AvgIpc) is 3.08. The van der Waals surface area contributed by atoms with Gasteiger partial charge in [-0.25, -0.2) is 4.79 Å². The summed E-state index contributed by atoms with van der Waals surface area (Å²) < 4.78 is 0. The van der Waals surface area contributed by atoms with Crippen molar-refractivity contribution >= 4 is 59.2 Å². The molecule has 0 spiro atoms. The van der Waals surface area contributed by atoms with Crippen molar-refractivity contribution < 1.29 is 63.3 Å². The standard InChI is InChI=1S/C31H54N10O13/c1-4-14(2)25(41-29(51)24(35)15(3)42)30(52)36-13-22(45)37-19(12-23(46)47)28(50)40-18(11-21(34)44)27(49)38-16(8-9-20(33)43)26(48)39-17(31(53)54)7-5-6-10-32/h14-19,24-25,42H,4-13,32,35H2,1-3H3,(H2,33,43)(H2,34,44)(H,36,52)(H,37,45)(H,38,49)(H,39,48)(H,40,50)(H,41,51)(H,46,47)(H,53,54)/t14-,15+,16-,17-,18-,19-,24-,25-/m0/s1. The second-order valence-electron chi connectivity index (χ2n) is 12.6. The van der Waals surface area contributed by atoms with E-state index < -0.39 is 140 Å². The average molecular weight is 775 g/mol. The Hall–Kier alpha value is -5.42. The van der Waals surface area contributed by atoms with E-state index in [4.69, 9.17) is 22.9 Å². The number of carbonyl (C=O) groups excluding carboxylic acids is 8. The van der Waals surface area contributed by atoms with E-state index in [1.807, 2.05) is 0 Å². The van der Waals surface area contributed by atoms with Crippen molar-refractivity contribution in [3.05, 3.63) is 0 Å². The third-order valence-corrected chi connectivity index (χ3v) is 7.98. The van der Waals surface area contributed by atoms with E-state index in [0.717, 1.165) is 0 Å². The molecular formula is C31H54N10O13. The van der Waals surface area contributed by atoms with Crippen molar-refractivity contribution in [1.82, 2.24) is 31.9 Å². The van der Waals surface area contributed by atoms with Gasteiger partial charge in [-0.3, -0.25) is 43.2 Å². The summed E-state index contributed by atoms with van der Waals surface area (Å²) in [6.45, 7) is 4.05. The minimum absolute atomic E-state index is 0.0246. The number of unbranched alkanes of at least 4 members (excludes halogenated alkanes) is 1. The smallest absolute Gasteiger partial charge is 0.326 e. The molecule has 0 radical (unpaired) electrons. The minimum atomic E-state index is -1.90. The van der Waals surface area contributed by atoms with Gasteiger partial charge in [0.25, 0.3) is 0 Å². The Kier molecular flexibility index (Phi) is 22.3. The van der Waals surface area contributed by atoms with E-state index >= 15 is 0 Å². The fourth-order valence-corrected chi connectivity index (χ4v) is 4.61. The zero-order chi connectivity index (χ0) is 41.7. The summed E-state index contributed by atoms with van der Waals surface area (Å²) in [6.07, 6.45) is -2.93. The fourth-order valence-electron chi connectivity index (χ4n) is 4.61. The maximum Gasteiger partial charge on any atom is 0.326 e. The van der Waals surface area contributed by atoms with Gasteiger partial charge in [-0.05, 0) is 45.1 Å². The Bertz CT molecular complexity index is 1360. The van der Waals surface area contributed by atoms with E-state index in [1.165, 1.54) is 6.92 Å². The van der Waals surface area contributed by atoms with Crippen LogP contribution in [0.2, 0.25) is 0 Å². The molecule has 23 heteroatoms. The van der Waals surface area contributed by atoms with Crippen LogP contribution in [-0.4, -0.2) is 130 Å². The van der Waals surface area contributed by atoms with Crippen molar-refractivity contribution in [2.45, 2.75) is 114 Å². The van der Waals surface area contributed by atoms with Crippen molar-refractivity contribution in [3.8, 4) is 0 Å². The van der Waals surface area contributed by atoms with E-state index in [9.17, 15) is 63.3 Å². The highest BCUT2D eigenvalue weighted by Gasteiger charge is 2.34. The Morgan fingerprint density at radius 2 is 1.19 bits per heavy atom. The fraction of sp³-hybridized carbons (Fsp3) is 0.677. The second-order valence-corrected chi connectivity index (χ2v) is 12.6. The Morgan fingerprint density at radius 3 is 1.67 bits per heavy atom. The molecule has 0 aromatic heterocycles. The molecule has 0 bridgehead atoms. The predicted molar refractivity (Wildman–Crippen MR) is 187 cm³/mol. The molecule has 0 unspecified atom stereocenters. The van der Waals surface area contributed by atoms with Gasteiger partial charge in [0.1, 0.15) is 36.3 Å². The number of aliphatic hydroxyl groups excluding tert-OH is 1. The maximum atomic E-state index is 13.3. The molecule has 54 heavy (non-hydrogen) atoms. The lowest BCUT2D eigenvalue weighted by atomic mass is 9.97. The van der Waals surface area contributed by atoms with Gasteiger partial charge in [0, 0.05) is 6.42 Å². The van der Waals surface area contributed by atoms with E-state index in [0.29, 0.717) is 19.3 Å². The lowest BCUT2D eigenvalue weighted by Gasteiger charge is -2.26. The summed E-state index contributed by atoms with van der Waals surface area (Å²) >= 11 is 0. The van der Waals surface area contributed by atoms with Gasteiger partial charge < -0.3 is 70.2 Å². The van der Waals surface area contributed by atoms with Crippen LogP contribution >= 0.6 is 0 Å². The van der Waals surface area contributed by atoms with Crippen molar-refractivity contribution in [1.29, 1.82) is 0 Å². The zero-order valence-corrected chi connectivity index (χ0v) is 30.4. The molecule has 306 valence electrons. The molecule has 8 amide bonds. The molecule has 0 aromatic carbocycles. The summed E-state index contributed by atoms with van der Waals surface area (Å²) in [5.74, 6) is -11.8. The Balaban J connectivity index is 5.98. The van der Waals surface area contributed by atoms with Crippen molar-refractivity contribution in [3.63, 3.8) is 0 Å². The van der Waals surface area contributed by atoms with Crippen LogP contribution in [-0.2, 0) is 47.9 Å². The predicted octanol–water partition coefficient (Wildman–Crippen LogP) is -5.89. The Labute approximate surface area is 310 Å². The third-order valence-electron chi connectivity index (χ3n) is 7.98. The van der Waals surface area contributed by atoms with Crippen LogP contribution in [0.15, 0.2) is 0 Å². The monoisotopic (exact) mass is 774 g/mol. The largest absolute Gasteiger partial charge is 0.481 e. The number of rotatable bonds is 27. The molecular weight excluding hydrogens is 720 g/mol. The van der Waals surface area contributed by atoms with Gasteiger partial charge in [-0.2, -0.15) is 0 Å². The van der Waals surface area contributed by atoms with Crippen LogP contribution < -0.4 is 54.8 Å². The number of primary amides is 2. The van der Waals surface area contributed by atoms with Gasteiger partial charge in [-0.15, -0.1) is 0 Å². The van der Waals surface area contributed by atoms with E-state index in [1.54, 1.807) is 13.8 Å². The minimum Gasteiger partial charge on any atom is -0.481 e. The number of carbonyl (C=O) groups is 10.